The number of benzene rings is 6. The number of hydrogen-bond acceptors (Lipinski definition) is 3. The van der Waals surface area contributed by atoms with Crippen molar-refractivity contribution < 1.29 is 27.1 Å². The van der Waals surface area contributed by atoms with Crippen molar-refractivity contribution in [3.8, 4) is 51.1 Å². The van der Waals surface area contributed by atoms with E-state index in [1.807, 2.05) is 104 Å². The van der Waals surface area contributed by atoms with Gasteiger partial charge in [-0.2, -0.15) is 0 Å². The second kappa shape index (κ2) is 14.0. The normalized spacial score (nSPS) is 15.2. The topological polar surface area (TPSA) is 48.8 Å². The molecule has 10 aromatic rings. The third kappa shape index (κ3) is 6.10. The number of nitrogens with zero attached hydrogens (tertiary/aromatic N) is 5. The predicted octanol–water partition coefficient (Wildman–Crippen LogP) is 12.3. The van der Waals surface area contributed by atoms with E-state index in [1.54, 1.807) is 33.5 Å². The Morgan fingerprint density at radius 2 is 1.36 bits per heavy atom. The van der Waals surface area contributed by atoms with E-state index in [0.29, 0.717) is 50.6 Å². The molecule has 0 aliphatic carbocycles. The van der Waals surface area contributed by atoms with Gasteiger partial charge in [-0.15, -0.1) is 0 Å². The van der Waals surface area contributed by atoms with E-state index in [4.69, 9.17) is 27.5 Å². The minimum absolute atomic E-state index is 0.0678. The number of imidazole rings is 1. The minimum atomic E-state index is -2.77. The molecule has 0 spiro atoms. The Labute approximate surface area is 356 Å². The molecule has 0 aliphatic rings. The van der Waals surface area contributed by atoms with Crippen molar-refractivity contribution in [2.45, 2.75) is 33.0 Å². The molecule has 6 nitrogen and oxygen atoms in total. The molecular formula is C52H41N5O. The predicted molar refractivity (Wildman–Crippen MR) is 234 cm³/mol. The molecule has 4 heterocycles. The maximum atomic E-state index is 8.93. The summed E-state index contributed by atoms with van der Waals surface area (Å²) in [6.45, 7) is 3.37. The van der Waals surface area contributed by atoms with Crippen molar-refractivity contribution in [3.63, 3.8) is 0 Å². The van der Waals surface area contributed by atoms with E-state index < -0.39 is 60.6 Å². The molecule has 0 saturated carbocycles. The highest BCUT2D eigenvalue weighted by Crippen LogP contribution is 2.37. The third-order valence-corrected chi connectivity index (χ3v) is 10.1. The summed E-state index contributed by atoms with van der Waals surface area (Å²) in [5, 5.41) is 1.66. The quantitative estimate of drug-likeness (QED) is 0.120. The summed E-state index contributed by atoms with van der Waals surface area (Å²) >= 11 is 0. The van der Waals surface area contributed by atoms with E-state index in [1.165, 1.54) is 12.3 Å². The highest BCUT2D eigenvalue weighted by Gasteiger charge is 2.25. The highest BCUT2D eigenvalue weighted by molar-refractivity contribution is 6.09. The number of aromatic nitrogens is 5. The Balaban J connectivity index is 1.09. The van der Waals surface area contributed by atoms with E-state index in [-0.39, 0.29) is 40.2 Å². The summed E-state index contributed by atoms with van der Waals surface area (Å²) in [7, 11) is 0. The van der Waals surface area contributed by atoms with E-state index in [0.717, 1.165) is 16.3 Å². The number of pyridine rings is 2. The first-order valence-corrected chi connectivity index (χ1v) is 18.6. The van der Waals surface area contributed by atoms with Crippen molar-refractivity contribution in [1.82, 2.24) is 19.1 Å². The number of hydrogen-bond donors (Lipinski definition) is 0. The maximum Gasteiger partial charge on any atom is 0.271 e. The van der Waals surface area contributed by atoms with Crippen LogP contribution in [0, 0.1) is 13.2 Å². The fraction of sp³-hybridized carbons (Fsp3) is 0.0962. The van der Waals surface area contributed by atoms with Gasteiger partial charge in [-0.05, 0) is 70.4 Å². The van der Waals surface area contributed by atoms with Crippen LogP contribution in [0.25, 0.3) is 72.4 Å². The largest absolute Gasteiger partial charge is 0.458 e. The van der Waals surface area contributed by atoms with Gasteiger partial charge in [-0.3, -0.25) is 18.7 Å². The van der Waals surface area contributed by atoms with Crippen molar-refractivity contribution in [1.29, 1.82) is 0 Å². The van der Waals surface area contributed by atoms with Gasteiger partial charge in [0.15, 0.2) is 5.82 Å². The summed E-state index contributed by atoms with van der Waals surface area (Å²) in [5.41, 5.74) is 3.61. The molecule has 0 N–H and O–H groups in total. The molecule has 0 aliphatic heterocycles. The van der Waals surface area contributed by atoms with Crippen LogP contribution in [0.15, 0.2) is 176 Å². The molecule has 0 amide bonds. The average molecular weight is 765 g/mol. The van der Waals surface area contributed by atoms with Crippen molar-refractivity contribution >= 4 is 32.8 Å². The Hall–Kier alpha value is -7.31. The SMILES string of the molecule is [2H]c1c([2H])c([2H])c(-c2cnc(-n3c4ccccc4c4ccc(Oc5ccnc(-n6[c-][n+](-c7c(-c8c([2H])c([2H])c([2H])c([2H])c8[2H])cccc7C(C)(C)C)c7ccccc76)c5)cc43)cc2C([2H])([2H])[2H])c([2H])c1[2H]. The van der Waals surface area contributed by atoms with Crippen LogP contribution in [0.2, 0.25) is 0 Å². The van der Waals surface area contributed by atoms with Crippen LogP contribution in [-0.2, 0) is 5.41 Å². The summed E-state index contributed by atoms with van der Waals surface area (Å²) in [5.74, 6) is 1.48. The van der Waals surface area contributed by atoms with Crippen molar-refractivity contribution in [2.75, 3.05) is 0 Å². The van der Waals surface area contributed by atoms with Crippen LogP contribution in [0.5, 0.6) is 11.5 Å². The first kappa shape index (κ1) is 23.7. The van der Waals surface area contributed by atoms with Crippen LogP contribution in [0.4, 0.5) is 0 Å². The van der Waals surface area contributed by atoms with Crippen LogP contribution < -0.4 is 9.30 Å². The second-order valence-corrected chi connectivity index (χ2v) is 14.8. The number of para-hydroxylation sites is 4. The lowest BCUT2D eigenvalue weighted by molar-refractivity contribution is -0.572. The van der Waals surface area contributed by atoms with Gasteiger partial charge in [-0.25, -0.2) is 4.98 Å². The van der Waals surface area contributed by atoms with E-state index in [9.17, 15) is 0 Å². The molecule has 0 saturated heterocycles. The molecule has 58 heavy (non-hydrogen) atoms. The van der Waals surface area contributed by atoms with Crippen molar-refractivity contribution in [2.24, 2.45) is 0 Å². The highest BCUT2D eigenvalue weighted by atomic mass is 16.5. The zero-order chi connectivity index (χ0) is 50.6. The summed E-state index contributed by atoms with van der Waals surface area (Å²) < 4.78 is 122. The molecular weight excluding hydrogens is 711 g/mol. The lowest BCUT2D eigenvalue weighted by Gasteiger charge is -2.26. The molecule has 10 rings (SSSR count). The Bertz CT molecular complexity index is 3800. The number of ether oxygens (including phenoxy) is 1. The molecule has 280 valence electrons. The van der Waals surface area contributed by atoms with Gasteiger partial charge >= 0.3 is 0 Å². The maximum absolute atomic E-state index is 8.93. The monoisotopic (exact) mass is 764 g/mol. The van der Waals surface area contributed by atoms with Gasteiger partial charge in [-0.1, -0.05) is 142 Å². The fourth-order valence-electron chi connectivity index (χ4n) is 7.50. The lowest BCUT2D eigenvalue weighted by Crippen LogP contribution is -2.34. The molecule has 6 heteroatoms. The summed E-state index contributed by atoms with van der Waals surface area (Å²) in [6.07, 6.45) is 6.33. The lowest BCUT2D eigenvalue weighted by atomic mass is 9.83. The zero-order valence-electron chi connectivity index (χ0n) is 44.6. The van der Waals surface area contributed by atoms with Gasteiger partial charge in [0.25, 0.3) is 6.33 Å². The summed E-state index contributed by atoms with van der Waals surface area (Å²) in [4.78, 5) is 9.41. The van der Waals surface area contributed by atoms with Gasteiger partial charge in [0.05, 0.1) is 41.5 Å². The van der Waals surface area contributed by atoms with Gasteiger partial charge in [0.2, 0.25) is 0 Å². The van der Waals surface area contributed by atoms with E-state index >= 15 is 0 Å². The number of rotatable bonds is 7. The van der Waals surface area contributed by atoms with E-state index in [2.05, 4.69) is 11.3 Å². The molecule has 0 fully saturated rings. The van der Waals surface area contributed by atoms with Crippen LogP contribution in [0.3, 0.4) is 0 Å². The Morgan fingerprint density at radius 1 is 0.655 bits per heavy atom. The third-order valence-electron chi connectivity index (χ3n) is 10.1. The van der Waals surface area contributed by atoms with Gasteiger partial charge in [0, 0.05) is 45.0 Å². The average Bonchev–Trinajstić information content (AvgIpc) is 3.89. The van der Waals surface area contributed by atoms with Crippen LogP contribution in [0.1, 0.15) is 49.7 Å². The Kier molecular flexibility index (Phi) is 5.72. The molecule has 6 aromatic carbocycles. The molecule has 0 radical (unpaired) electrons. The number of fused-ring (bicyclic) bond motifs is 4. The first-order chi connectivity index (χ1) is 33.7. The fourth-order valence-corrected chi connectivity index (χ4v) is 7.50. The minimum Gasteiger partial charge on any atom is -0.458 e. The summed E-state index contributed by atoms with van der Waals surface area (Å²) in [6, 6.07) is 26.2. The van der Waals surface area contributed by atoms with Crippen molar-refractivity contribution in [3.05, 3.63) is 193 Å². The molecule has 4 aromatic heterocycles. The zero-order valence-corrected chi connectivity index (χ0v) is 31.6. The van der Waals surface area contributed by atoms with Crippen LogP contribution in [-0.4, -0.2) is 19.1 Å². The van der Waals surface area contributed by atoms with Gasteiger partial charge < -0.3 is 4.74 Å². The first-order valence-electron chi connectivity index (χ1n) is 25.1. The molecule has 0 atom stereocenters. The van der Waals surface area contributed by atoms with Gasteiger partial charge in [0.1, 0.15) is 17.3 Å². The smallest absolute Gasteiger partial charge is 0.271 e. The molecule has 0 unspecified atom stereocenters. The molecule has 0 bridgehead atoms. The number of aryl methyl sites for hydroxylation is 1. The standard InChI is InChI=1S/C52H41N5O/c1-35-30-50(54-33-43(35)37-18-9-6-10-19-37)57-45-23-12-11-20-41(45)42-27-26-38(31-48(42)57)58-39-28-29-53-49(32-39)55-34-56(47-25-14-13-24-46(47)55)51-40(36-16-7-5-8-17-36)21-15-22-44(51)52(2,3)4/h5-33H,1-4H3/i1D3,5D,6D,7D,8D,9D,10D,16D,17D,18D,19D. The Morgan fingerprint density at radius 3 is 2.14 bits per heavy atom. The van der Waals surface area contributed by atoms with Crippen LogP contribution >= 0.6 is 0 Å². The second-order valence-electron chi connectivity index (χ2n) is 14.8.